The minimum absolute atomic E-state index is 0.0577. The molecule has 3 aromatic heterocycles. The van der Waals surface area contributed by atoms with Crippen LogP contribution in [0, 0.1) is 29.9 Å². The fraction of sp³-hybridized carbons (Fsp3) is 0.484. The highest BCUT2D eigenvalue weighted by Gasteiger charge is 2.44. The maximum absolute atomic E-state index is 13.8. The van der Waals surface area contributed by atoms with Crippen molar-refractivity contribution in [2.75, 3.05) is 22.9 Å². The van der Waals surface area contributed by atoms with Gasteiger partial charge in [-0.25, -0.2) is 27.2 Å². The van der Waals surface area contributed by atoms with E-state index in [1.165, 1.54) is 11.3 Å². The maximum Gasteiger partial charge on any atom is 0.224 e. The Hall–Kier alpha value is -3.33. The molecule has 240 valence electrons. The summed E-state index contributed by atoms with van der Waals surface area (Å²) in [7, 11) is -4.18. The number of aryl methyl sites for hydroxylation is 1. The Morgan fingerprint density at radius 1 is 1.04 bits per heavy atom. The van der Waals surface area contributed by atoms with Crippen LogP contribution < -0.4 is 10.6 Å². The Balaban J connectivity index is 1.33. The molecule has 4 aromatic rings. The molecule has 0 spiro atoms. The minimum atomic E-state index is -4.18. The summed E-state index contributed by atoms with van der Waals surface area (Å²) in [6.45, 7) is 8.68. The number of aliphatic hydroxyl groups excluding tert-OH is 2. The van der Waals surface area contributed by atoms with E-state index in [1.807, 2.05) is 13.0 Å². The molecular formula is C31H36F2N6O4S2. The van der Waals surface area contributed by atoms with E-state index in [4.69, 9.17) is 15.0 Å². The second kappa shape index (κ2) is 11.8. The summed E-state index contributed by atoms with van der Waals surface area (Å²) >= 11 is 1.49. The summed E-state index contributed by atoms with van der Waals surface area (Å²) in [6.07, 6.45) is 1.26. The van der Waals surface area contributed by atoms with Crippen molar-refractivity contribution in [2.45, 2.75) is 76.0 Å². The third-order valence-corrected chi connectivity index (χ3v) is 11.0. The van der Waals surface area contributed by atoms with Crippen LogP contribution >= 0.6 is 11.3 Å². The molecule has 45 heavy (non-hydrogen) atoms. The monoisotopic (exact) mass is 658 g/mol. The second-order valence-electron chi connectivity index (χ2n) is 13.2. The van der Waals surface area contributed by atoms with Crippen LogP contribution in [-0.2, 0) is 9.84 Å². The number of hydrogen-bond donors (Lipinski definition) is 4. The van der Waals surface area contributed by atoms with E-state index in [9.17, 15) is 27.4 Å². The Morgan fingerprint density at radius 3 is 2.42 bits per heavy atom. The quantitative estimate of drug-likeness (QED) is 0.192. The number of thiazole rings is 1. The number of aromatic nitrogens is 4. The van der Waals surface area contributed by atoms with Gasteiger partial charge in [0.2, 0.25) is 5.95 Å². The molecule has 2 aliphatic carbocycles. The summed E-state index contributed by atoms with van der Waals surface area (Å²) in [5, 5.41) is 29.2. The number of pyridine rings is 1. The molecule has 6 rings (SSSR count). The van der Waals surface area contributed by atoms with Crippen molar-refractivity contribution in [1.82, 2.24) is 19.9 Å². The van der Waals surface area contributed by atoms with Gasteiger partial charge in [-0.2, -0.15) is 4.98 Å². The molecule has 4 atom stereocenters. The predicted molar refractivity (Wildman–Crippen MR) is 169 cm³/mol. The SMILES string of the molecule is Cc1nc(NCC(C)(C)C)nc(N[C@@H]2C[C@H](CS(=O)(=O)c3cc(F)cc(F)c3)[C@@H](O)[C@H]2O)c1-c1nc2c(C3CC3)nccc2s1. The van der Waals surface area contributed by atoms with Gasteiger partial charge in [-0.05, 0) is 49.8 Å². The molecule has 0 bridgehead atoms. The van der Waals surface area contributed by atoms with Crippen LogP contribution in [0.2, 0.25) is 0 Å². The summed E-state index contributed by atoms with van der Waals surface area (Å²) in [5.74, 6) is -2.39. The highest BCUT2D eigenvalue weighted by atomic mass is 32.2. The van der Waals surface area contributed by atoms with Gasteiger partial charge in [-0.15, -0.1) is 11.3 Å². The first-order chi connectivity index (χ1) is 21.2. The van der Waals surface area contributed by atoms with Gasteiger partial charge in [0.25, 0.3) is 0 Å². The molecule has 10 nitrogen and oxygen atoms in total. The molecule has 0 unspecified atom stereocenters. The number of fused-ring (bicyclic) bond motifs is 1. The van der Waals surface area contributed by atoms with Crippen molar-refractivity contribution in [3.63, 3.8) is 0 Å². The molecule has 3 heterocycles. The Morgan fingerprint density at radius 2 is 1.76 bits per heavy atom. The van der Waals surface area contributed by atoms with E-state index >= 15 is 0 Å². The van der Waals surface area contributed by atoms with Crippen LogP contribution in [0.1, 0.15) is 57.3 Å². The number of hydrogen-bond acceptors (Lipinski definition) is 11. The number of benzene rings is 1. The molecule has 0 radical (unpaired) electrons. The molecule has 0 aliphatic heterocycles. The fourth-order valence-electron chi connectivity index (χ4n) is 5.69. The number of sulfone groups is 1. The molecule has 1 aromatic carbocycles. The van der Waals surface area contributed by atoms with Crippen molar-refractivity contribution < 1.29 is 27.4 Å². The third-order valence-electron chi connectivity index (χ3n) is 8.13. The summed E-state index contributed by atoms with van der Waals surface area (Å²) in [6, 6.07) is 3.23. The van der Waals surface area contributed by atoms with Gasteiger partial charge < -0.3 is 20.8 Å². The van der Waals surface area contributed by atoms with Gasteiger partial charge in [0.05, 0.1) is 44.4 Å². The topological polar surface area (TPSA) is 150 Å². The van der Waals surface area contributed by atoms with Crippen molar-refractivity contribution >= 4 is 43.2 Å². The zero-order valence-electron chi connectivity index (χ0n) is 25.4. The molecule has 2 fully saturated rings. The standard InChI is InChI=1S/C31H36F2N6O4S2/c1-15-23(29-38-25-22(44-29)7-8-34-24(25)16-5-6-16)28(39-30(36-15)35-14-31(2,3)4)37-21-9-17(26(40)27(21)41)13-45(42,43)20-11-18(32)10-19(33)12-20/h7-8,10-12,16-17,21,26-27,40-41H,5-6,9,13-14H2,1-4H3,(H2,35,36,37,39)/t17-,21-,26-,27+/m1/s1. The Bertz CT molecular complexity index is 1840. The van der Waals surface area contributed by atoms with Gasteiger partial charge in [0.1, 0.15) is 34.1 Å². The van der Waals surface area contributed by atoms with Gasteiger partial charge in [-0.1, -0.05) is 20.8 Å². The normalized spacial score (nSPS) is 22.2. The van der Waals surface area contributed by atoms with Gasteiger partial charge in [0, 0.05) is 30.6 Å². The summed E-state index contributed by atoms with van der Waals surface area (Å²) < 4.78 is 54.7. The van der Waals surface area contributed by atoms with Gasteiger partial charge in [-0.3, -0.25) is 4.98 Å². The lowest BCUT2D eigenvalue weighted by molar-refractivity contribution is 0.0216. The number of rotatable bonds is 9. The molecular weight excluding hydrogens is 623 g/mol. The van der Waals surface area contributed by atoms with Crippen LogP contribution in [-0.4, -0.2) is 69.1 Å². The lowest BCUT2D eigenvalue weighted by atomic mass is 9.97. The highest BCUT2D eigenvalue weighted by Crippen LogP contribution is 2.44. The zero-order valence-corrected chi connectivity index (χ0v) is 27.0. The number of nitrogens with one attached hydrogen (secondary N) is 2. The van der Waals surface area contributed by atoms with E-state index in [2.05, 4.69) is 36.4 Å². The predicted octanol–water partition coefficient (Wildman–Crippen LogP) is 5.07. The van der Waals surface area contributed by atoms with Crippen molar-refractivity contribution in [3.8, 4) is 10.6 Å². The average molecular weight is 659 g/mol. The minimum Gasteiger partial charge on any atom is -0.390 e. The molecule has 0 saturated heterocycles. The van der Waals surface area contributed by atoms with Gasteiger partial charge >= 0.3 is 0 Å². The van der Waals surface area contributed by atoms with Crippen LogP contribution in [0.15, 0.2) is 35.4 Å². The van der Waals surface area contributed by atoms with Crippen LogP contribution in [0.4, 0.5) is 20.5 Å². The lowest BCUT2D eigenvalue weighted by Crippen LogP contribution is -2.36. The molecule has 2 saturated carbocycles. The van der Waals surface area contributed by atoms with Crippen molar-refractivity contribution in [2.24, 2.45) is 11.3 Å². The zero-order chi connectivity index (χ0) is 32.3. The highest BCUT2D eigenvalue weighted by molar-refractivity contribution is 7.91. The first-order valence-corrected chi connectivity index (χ1v) is 17.4. The summed E-state index contributed by atoms with van der Waals surface area (Å²) in [4.78, 5) is 18.5. The van der Waals surface area contributed by atoms with Gasteiger partial charge in [0.15, 0.2) is 9.84 Å². The largest absolute Gasteiger partial charge is 0.390 e. The Kier molecular flexibility index (Phi) is 8.29. The second-order valence-corrected chi connectivity index (χ2v) is 16.3. The molecule has 2 aliphatic rings. The third kappa shape index (κ3) is 6.79. The van der Waals surface area contributed by atoms with E-state index in [0.717, 1.165) is 40.9 Å². The summed E-state index contributed by atoms with van der Waals surface area (Å²) in [5.41, 5.74) is 3.04. The fourth-order valence-corrected chi connectivity index (χ4v) is 8.43. The number of aliphatic hydroxyl groups is 2. The number of anilines is 2. The van der Waals surface area contributed by atoms with Crippen molar-refractivity contribution in [3.05, 3.63) is 53.5 Å². The number of nitrogens with zero attached hydrogens (tertiary/aromatic N) is 4. The van der Waals surface area contributed by atoms with Crippen LogP contribution in [0.5, 0.6) is 0 Å². The molecule has 14 heteroatoms. The molecule has 4 N–H and O–H groups in total. The van der Waals surface area contributed by atoms with Crippen LogP contribution in [0.25, 0.3) is 20.8 Å². The molecule has 0 amide bonds. The Labute approximate surface area is 264 Å². The van der Waals surface area contributed by atoms with E-state index in [-0.39, 0.29) is 11.8 Å². The maximum atomic E-state index is 13.8. The van der Waals surface area contributed by atoms with Crippen molar-refractivity contribution in [1.29, 1.82) is 0 Å². The van der Waals surface area contributed by atoms with E-state index in [0.29, 0.717) is 46.6 Å². The average Bonchev–Trinajstić information content (AvgIpc) is 3.65. The van der Waals surface area contributed by atoms with Crippen LogP contribution in [0.3, 0.4) is 0 Å². The number of halogens is 2. The first kappa shape index (κ1) is 31.6. The first-order valence-electron chi connectivity index (χ1n) is 14.9. The van der Waals surface area contributed by atoms with E-state index in [1.54, 1.807) is 6.20 Å². The van der Waals surface area contributed by atoms with E-state index < -0.39 is 56.3 Å². The lowest BCUT2D eigenvalue weighted by Gasteiger charge is -2.22. The smallest absolute Gasteiger partial charge is 0.224 e.